The zero-order chi connectivity index (χ0) is 23.6. The highest BCUT2D eigenvalue weighted by Crippen LogP contribution is 2.54. The molecule has 1 aromatic carbocycles. The molecule has 0 saturated carbocycles. The van der Waals surface area contributed by atoms with E-state index in [0.717, 1.165) is 17.8 Å². The number of fused-ring (bicyclic) bond motifs is 2. The van der Waals surface area contributed by atoms with Gasteiger partial charge in [-0.15, -0.1) is 10.2 Å². The molecule has 4 atom stereocenters. The van der Waals surface area contributed by atoms with Gasteiger partial charge in [0.2, 0.25) is 5.88 Å². The maximum absolute atomic E-state index is 15.4. The summed E-state index contributed by atoms with van der Waals surface area (Å²) in [4.78, 5) is 0. The normalized spacial score (nSPS) is 30.4. The van der Waals surface area contributed by atoms with Crippen molar-refractivity contribution in [3.8, 4) is 28.6 Å². The lowest BCUT2D eigenvalue weighted by molar-refractivity contribution is -0.0156. The van der Waals surface area contributed by atoms with Crippen LogP contribution in [0.3, 0.4) is 0 Å². The Bertz CT molecular complexity index is 1190. The van der Waals surface area contributed by atoms with Crippen molar-refractivity contribution in [1.29, 1.82) is 0 Å². The number of aryl methyl sites for hydroxylation is 1. The minimum Gasteiger partial charge on any atom is -0.507 e. The van der Waals surface area contributed by atoms with Crippen molar-refractivity contribution in [1.82, 2.24) is 25.3 Å². The number of phenols is 1. The lowest BCUT2D eigenvalue weighted by Gasteiger charge is -2.46. The zero-order valence-electron chi connectivity index (χ0n) is 19.6. The van der Waals surface area contributed by atoms with E-state index in [-0.39, 0.29) is 22.6 Å². The standard InChI is InChI=1S/C25H30FN5O2/c1-15-10-11-31(29-15)16-6-7-17(19(32)12-16)18-8-9-21(28-27-18)33-20-13-25(5)23(2,3)14-24(4,30-25)22(20)26/h6-12,20,22,30,32H,13-14H2,1-5H3. The monoisotopic (exact) mass is 451 g/mol. The van der Waals surface area contributed by atoms with Crippen LogP contribution in [0, 0.1) is 12.3 Å². The van der Waals surface area contributed by atoms with Crippen LogP contribution in [0.5, 0.6) is 11.6 Å². The Hall–Kier alpha value is -3.00. The Morgan fingerprint density at radius 1 is 1.12 bits per heavy atom. The summed E-state index contributed by atoms with van der Waals surface area (Å²) < 4.78 is 23.1. The maximum Gasteiger partial charge on any atom is 0.233 e. The second-order valence-electron chi connectivity index (χ2n) is 10.6. The minimum atomic E-state index is -1.16. The SMILES string of the molecule is Cc1ccn(-c2ccc(-c3ccc(OC4CC5(C)NC(C)(CC5(C)C)C4F)nn3)c(O)c2)n1. The molecule has 2 N–H and O–H groups in total. The van der Waals surface area contributed by atoms with E-state index in [1.165, 1.54) is 0 Å². The molecule has 3 aromatic rings. The fourth-order valence-corrected chi connectivity index (χ4v) is 5.59. The van der Waals surface area contributed by atoms with Crippen LogP contribution in [-0.4, -0.2) is 48.4 Å². The maximum atomic E-state index is 15.4. The molecule has 2 fully saturated rings. The van der Waals surface area contributed by atoms with E-state index >= 15 is 4.39 Å². The van der Waals surface area contributed by atoms with Crippen molar-refractivity contribution in [2.45, 2.75) is 70.8 Å². The number of benzene rings is 1. The molecule has 7 nitrogen and oxygen atoms in total. The average molecular weight is 452 g/mol. The van der Waals surface area contributed by atoms with E-state index in [2.05, 4.69) is 41.4 Å². The van der Waals surface area contributed by atoms with Gasteiger partial charge in [-0.2, -0.15) is 5.10 Å². The Kier molecular flexibility index (Phi) is 4.79. The quantitative estimate of drug-likeness (QED) is 0.613. The van der Waals surface area contributed by atoms with E-state index < -0.39 is 17.8 Å². The summed E-state index contributed by atoms with van der Waals surface area (Å²) in [5.41, 5.74) is 1.80. The van der Waals surface area contributed by atoms with Gasteiger partial charge in [0.15, 0.2) is 6.17 Å². The summed E-state index contributed by atoms with van der Waals surface area (Å²) in [5.74, 6) is 0.353. The first-order valence-electron chi connectivity index (χ1n) is 11.3. The third-order valence-corrected chi connectivity index (χ3v) is 7.57. The molecule has 2 aromatic heterocycles. The van der Waals surface area contributed by atoms with E-state index in [4.69, 9.17) is 4.74 Å². The van der Waals surface area contributed by atoms with Crippen LogP contribution in [0.2, 0.25) is 0 Å². The van der Waals surface area contributed by atoms with Crippen molar-refractivity contribution in [3.05, 3.63) is 48.3 Å². The topological polar surface area (TPSA) is 85.1 Å². The third kappa shape index (κ3) is 3.57. The molecular formula is C25H30FN5O2. The van der Waals surface area contributed by atoms with Crippen LogP contribution < -0.4 is 10.1 Å². The summed E-state index contributed by atoms with van der Waals surface area (Å²) in [6.45, 7) is 10.4. The second-order valence-corrected chi connectivity index (χ2v) is 10.6. The number of phenolic OH excluding ortho intramolecular Hbond substituents is 1. The number of alkyl halides is 1. The number of halogens is 1. The van der Waals surface area contributed by atoms with Gasteiger partial charge in [-0.25, -0.2) is 9.07 Å². The van der Waals surface area contributed by atoms with Crippen LogP contribution in [-0.2, 0) is 0 Å². The van der Waals surface area contributed by atoms with Crippen LogP contribution in [0.15, 0.2) is 42.6 Å². The summed E-state index contributed by atoms with van der Waals surface area (Å²) in [6, 6.07) is 10.6. The van der Waals surface area contributed by atoms with Gasteiger partial charge >= 0.3 is 0 Å². The van der Waals surface area contributed by atoms with Crippen molar-refractivity contribution >= 4 is 0 Å². The number of hydrogen-bond donors (Lipinski definition) is 2. The number of aromatic hydroxyl groups is 1. The highest BCUT2D eigenvalue weighted by atomic mass is 19.1. The predicted molar refractivity (Wildman–Crippen MR) is 123 cm³/mol. The molecule has 2 bridgehead atoms. The van der Waals surface area contributed by atoms with Crippen LogP contribution in [0.1, 0.15) is 46.2 Å². The Morgan fingerprint density at radius 2 is 1.91 bits per heavy atom. The fourth-order valence-electron chi connectivity index (χ4n) is 5.59. The van der Waals surface area contributed by atoms with Crippen LogP contribution >= 0.6 is 0 Å². The van der Waals surface area contributed by atoms with Crippen molar-refractivity contribution in [2.75, 3.05) is 0 Å². The molecule has 0 amide bonds. The molecule has 2 aliphatic heterocycles. The zero-order valence-corrected chi connectivity index (χ0v) is 19.6. The second kappa shape index (κ2) is 7.25. The molecule has 33 heavy (non-hydrogen) atoms. The molecular weight excluding hydrogens is 421 g/mol. The predicted octanol–water partition coefficient (Wildman–Crippen LogP) is 4.37. The molecule has 0 spiro atoms. The van der Waals surface area contributed by atoms with Gasteiger partial charge < -0.3 is 15.2 Å². The van der Waals surface area contributed by atoms with E-state index in [0.29, 0.717) is 17.7 Å². The Balaban J connectivity index is 1.34. The average Bonchev–Trinajstić information content (AvgIpc) is 3.24. The first kappa shape index (κ1) is 21.8. The first-order valence-corrected chi connectivity index (χ1v) is 11.3. The largest absolute Gasteiger partial charge is 0.507 e. The third-order valence-electron chi connectivity index (χ3n) is 7.57. The number of ether oxygens (including phenoxy) is 1. The molecule has 8 heteroatoms. The van der Waals surface area contributed by atoms with Gasteiger partial charge in [0, 0.05) is 35.9 Å². The van der Waals surface area contributed by atoms with Crippen molar-refractivity contribution < 1.29 is 14.2 Å². The number of aromatic nitrogens is 4. The van der Waals surface area contributed by atoms with Gasteiger partial charge in [0.05, 0.1) is 22.6 Å². The summed E-state index contributed by atoms with van der Waals surface area (Å²) in [6.07, 6.45) is 1.37. The number of piperidine rings is 1. The van der Waals surface area contributed by atoms with Crippen molar-refractivity contribution in [2.24, 2.45) is 5.41 Å². The number of nitrogens with one attached hydrogen (secondary N) is 1. The molecule has 4 heterocycles. The summed E-state index contributed by atoms with van der Waals surface area (Å²) >= 11 is 0. The fraction of sp³-hybridized carbons (Fsp3) is 0.480. The van der Waals surface area contributed by atoms with Gasteiger partial charge in [0.1, 0.15) is 11.9 Å². The van der Waals surface area contributed by atoms with Crippen molar-refractivity contribution in [3.63, 3.8) is 0 Å². The lowest BCUT2D eigenvalue weighted by Crippen LogP contribution is -2.64. The molecule has 174 valence electrons. The van der Waals surface area contributed by atoms with Gasteiger partial charge in [-0.1, -0.05) is 13.8 Å². The Morgan fingerprint density at radius 3 is 2.55 bits per heavy atom. The van der Waals surface area contributed by atoms with Gasteiger partial charge in [-0.05, 0) is 56.9 Å². The molecule has 0 aliphatic carbocycles. The van der Waals surface area contributed by atoms with Crippen LogP contribution in [0.25, 0.3) is 16.9 Å². The van der Waals surface area contributed by atoms with E-state index in [1.54, 1.807) is 28.9 Å². The molecule has 2 aliphatic rings. The number of rotatable bonds is 4. The van der Waals surface area contributed by atoms with E-state index in [1.807, 2.05) is 32.2 Å². The summed E-state index contributed by atoms with van der Waals surface area (Å²) in [7, 11) is 0. The van der Waals surface area contributed by atoms with Crippen LogP contribution in [0.4, 0.5) is 4.39 Å². The minimum absolute atomic E-state index is 0.0434. The highest BCUT2D eigenvalue weighted by Gasteiger charge is 2.64. The highest BCUT2D eigenvalue weighted by molar-refractivity contribution is 5.68. The Labute approximate surface area is 193 Å². The first-order chi connectivity index (χ1) is 15.5. The number of nitrogens with zero attached hydrogens (tertiary/aromatic N) is 4. The summed E-state index contributed by atoms with van der Waals surface area (Å²) in [5, 5.41) is 26.8. The molecule has 2 saturated heterocycles. The van der Waals surface area contributed by atoms with Gasteiger partial charge in [-0.3, -0.25) is 0 Å². The smallest absolute Gasteiger partial charge is 0.233 e. The number of hydrogen-bond acceptors (Lipinski definition) is 6. The molecule has 5 rings (SSSR count). The molecule has 4 unspecified atom stereocenters. The lowest BCUT2D eigenvalue weighted by atomic mass is 9.72. The molecule has 0 radical (unpaired) electrons. The van der Waals surface area contributed by atoms with Gasteiger partial charge in [0.25, 0.3) is 0 Å². The van der Waals surface area contributed by atoms with E-state index in [9.17, 15) is 5.11 Å².